The highest BCUT2D eigenvalue weighted by molar-refractivity contribution is 5.30. The SMILES string of the molecule is Cc1ccc(CN(C)C2CCN(C)CC2)c(C)c1. The van der Waals surface area contributed by atoms with Gasteiger partial charge in [0.15, 0.2) is 0 Å². The van der Waals surface area contributed by atoms with Gasteiger partial charge in [-0.15, -0.1) is 0 Å². The van der Waals surface area contributed by atoms with E-state index in [0.717, 1.165) is 12.6 Å². The number of nitrogens with zero attached hydrogens (tertiary/aromatic N) is 2. The maximum absolute atomic E-state index is 2.53. The van der Waals surface area contributed by atoms with Gasteiger partial charge in [-0.05, 0) is 65.0 Å². The van der Waals surface area contributed by atoms with Crippen molar-refractivity contribution in [2.45, 2.75) is 39.3 Å². The number of hydrogen-bond acceptors (Lipinski definition) is 2. The number of rotatable bonds is 3. The minimum atomic E-state index is 0.752. The van der Waals surface area contributed by atoms with Crippen LogP contribution in [0.5, 0.6) is 0 Å². The van der Waals surface area contributed by atoms with Crippen LogP contribution in [-0.4, -0.2) is 43.0 Å². The molecular weight excluding hydrogens is 220 g/mol. The van der Waals surface area contributed by atoms with E-state index in [1.54, 1.807) is 0 Å². The van der Waals surface area contributed by atoms with Crippen molar-refractivity contribution in [3.63, 3.8) is 0 Å². The summed E-state index contributed by atoms with van der Waals surface area (Å²) >= 11 is 0. The fourth-order valence-corrected chi connectivity index (χ4v) is 2.86. The maximum Gasteiger partial charge on any atom is 0.0236 e. The van der Waals surface area contributed by atoms with E-state index >= 15 is 0 Å². The molecule has 0 bridgehead atoms. The Morgan fingerprint density at radius 3 is 2.50 bits per heavy atom. The van der Waals surface area contributed by atoms with Crippen molar-refractivity contribution in [3.8, 4) is 0 Å². The molecule has 1 aliphatic rings. The largest absolute Gasteiger partial charge is 0.306 e. The predicted molar refractivity (Wildman–Crippen MR) is 77.9 cm³/mol. The Labute approximate surface area is 112 Å². The molecule has 0 spiro atoms. The number of hydrogen-bond donors (Lipinski definition) is 0. The molecule has 1 heterocycles. The summed E-state index contributed by atoms with van der Waals surface area (Å²) in [6.07, 6.45) is 2.61. The summed E-state index contributed by atoms with van der Waals surface area (Å²) in [6, 6.07) is 7.56. The third-order valence-corrected chi connectivity index (χ3v) is 4.23. The van der Waals surface area contributed by atoms with Crippen LogP contribution in [0.15, 0.2) is 18.2 Å². The van der Waals surface area contributed by atoms with Crippen molar-refractivity contribution in [3.05, 3.63) is 34.9 Å². The van der Waals surface area contributed by atoms with Gasteiger partial charge in [0.1, 0.15) is 0 Å². The van der Waals surface area contributed by atoms with E-state index in [2.05, 4.69) is 55.9 Å². The normalized spacial score (nSPS) is 18.5. The van der Waals surface area contributed by atoms with Crippen molar-refractivity contribution in [1.82, 2.24) is 9.80 Å². The molecule has 0 radical (unpaired) electrons. The minimum absolute atomic E-state index is 0.752. The van der Waals surface area contributed by atoms with E-state index in [1.165, 1.54) is 42.6 Å². The van der Waals surface area contributed by atoms with E-state index in [-0.39, 0.29) is 0 Å². The Kier molecular flexibility index (Phi) is 4.41. The van der Waals surface area contributed by atoms with E-state index < -0.39 is 0 Å². The van der Waals surface area contributed by atoms with Gasteiger partial charge < -0.3 is 4.90 Å². The van der Waals surface area contributed by atoms with Crippen LogP contribution in [0.25, 0.3) is 0 Å². The molecule has 100 valence electrons. The lowest BCUT2D eigenvalue weighted by Gasteiger charge is -2.35. The van der Waals surface area contributed by atoms with Crippen molar-refractivity contribution in [1.29, 1.82) is 0 Å². The van der Waals surface area contributed by atoms with Gasteiger partial charge in [-0.25, -0.2) is 0 Å². The quantitative estimate of drug-likeness (QED) is 0.809. The zero-order valence-electron chi connectivity index (χ0n) is 12.2. The Bertz CT molecular complexity index is 392. The molecule has 0 atom stereocenters. The monoisotopic (exact) mass is 246 g/mol. The first-order valence-corrected chi connectivity index (χ1v) is 7.01. The predicted octanol–water partition coefficient (Wildman–Crippen LogP) is 2.83. The van der Waals surface area contributed by atoms with Crippen LogP contribution in [0, 0.1) is 13.8 Å². The van der Waals surface area contributed by atoms with Crippen LogP contribution in [0.3, 0.4) is 0 Å². The van der Waals surface area contributed by atoms with Gasteiger partial charge >= 0.3 is 0 Å². The molecule has 0 aliphatic carbocycles. The van der Waals surface area contributed by atoms with Gasteiger partial charge in [0.2, 0.25) is 0 Å². The molecule has 18 heavy (non-hydrogen) atoms. The minimum Gasteiger partial charge on any atom is -0.306 e. The second kappa shape index (κ2) is 5.85. The molecule has 0 aromatic heterocycles. The average Bonchev–Trinajstić information content (AvgIpc) is 2.33. The number of aryl methyl sites for hydroxylation is 2. The van der Waals surface area contributed by atoms with Crippen LogP contribution < -0.4 is 0 Å². The van der Waals surface area contributed by atoms with Crippen LogP contribution in [0.4, 0.5) is 0 Å². The summed E-state index contributed by atoms with van der Waals surface area (Å²) in [4.78, 5) is 4.96. The highest BCUT2D eigenvalue weighted by Crippen LogP contribution is 2.18. The third-order valence-electron chi connectivity index (χ3n) is 4.23. The Hall–Kier alpha value is -0.860. The lowest BCUT2D eigenvalue weighted by Crippen LogP contribution is -2.41. The van der Waals surface area contributed by atoms with E-state index in [0.29, 0.717) is 0 Å². The fourth-order valence-electron chi connectivity index (χ4n) is 2.86. The average molecular weight is 246 g/mol. The zero-order chi connectivity index (χ0) is 13.1. The smallest absolute Gasteiger partial charge is 0.0236 e. The van der Waals surface area contributed by atoms with Gasteiger partial charge in [0.05, 0.1) is 0 Å². The lowest BCUT2D eigenvalue weighted by atomic mass is 10.0. The summed E-state index contributed by atoms with van der Waals surface area (Å²) in [5.74, 6) is 0. The number of likely N-dealkylation sites (tertiary alicyclic amines) is 1. The van der Waals surface area contributed by atoms with Crippen LogP contribution in [0.2, 0.25) is 0 Å². The third kappa shape index (κ3) is 3.33. The van der Waals surface area contributed by atoms with Gasteiger partial charge in [0, 0.05) is 12.6 Å². The Morgan fingerprint density at radius 2 is 1.89 bits per heavy atom. The topological polar surface area (TPSA) is 6.48 Å². The molecule has 0 saturated carbocycles. The fraction of sp³-hybridized carbons (Fsp3) is 0.625. The summed E-state index contributed by atoms with van der Waals surface area (Å²) in [7, 11) is 4.50. The van der Waals surface area contributed by atoms with Crippen molar-refractivity contribution in [2.24, 2.45) is 0 Å². The van der Waals surface area contributed by atoms with Gasteiger partial charge in [-0.2, -0.15) is 0 Å². The van der Waals surface area contributed by atoms with Crippen molar-refractivity contribution >= 4 is 0 Å². The molecule has 1 aromatic rings. The Balaban J connectivity index is 1.96. The van der Waals surface area contributed by atoms with Crippen LogP contribution >= 0.6 is 0 Å². The standard InChI is InChI=1S/C16H26N2/c1-13-5-6-15(14(2)11-13)12-18(4)16-7-9-17(3)10-8-16/h5-6,11,16H,7-10,12H2,1-4H3. The molecule has 1 aromatic carbocycles. The molecular formula is C16H26N2. The van der Waals surface area contributed by atoms with Gasteiger partial charge in [0.25, 0.3) is 0 Å². The summed E-state index contributed by atoms with van der Waals surface area (Å²) < 4.78 is 0. The van der Waals surface area contributed by atoms with E-state index in [4.69, 9.17) is 0 Å². The summed E-state index contributed by atoms with van der Waals surface area (Å²) in [6.45, 7) is 7.95. The maximum atomic E-state index is 2.53. The number of piperidine rings is 1. The van der Waals surface area contributed by atoms with Gasteiger partial charge in [-0.3, -0.25) is 4.90 Å². The zero-order valence-corrected chi connectivity index (χ0v) is 12.2. The summed E-state index contributed by atoms with van der Waals surface area (Å²) in [5.41, 5.74) is 4.26. The van der Waals surface area contributed by atoms with Crippen molar-refractivity contribution < 1.29 is 0 Å². The number of benzene rings is 1. The first kappa shape index (κ1) is 13.6. The molecule has 1 saturated heterocycles. The molecule has 2 heteroatoms. The molecule has 2 nitrogen and oxygen atoms in total. The first-order chi connectivity index (χ1) is 8.56. The molecule has 0 amide bonds. The summed E-state index contributed by atoms with van der Waals surface area (Å²) in [5, 5.41) is 0. The second-order valence-corrected chi connectivity index (χ2v) is 5.88. The molecule has 1 fully saturated rings. The second-order valence-electron chi connectivity index (χ2n) is 5.88. The molecule has 0 N–H and O–H groups in total. The van der Waals surface area contributed by atoms with Crippen molar-refractivity contribution in [2.75, 3.05) is 27.2 Å². The Morgan fingerprint density at radius 1 is 1.22 bits per heavy atom. The molecule has 1 aliphatic heterocycles. The molecule has 0 unspecified atom stereocenters. The molecule has 2 rings (SSSR count). The highest BCUT2D eigenvalue weighted by Gasteiger charge is 2.20. The van der Waals surface area contributed by atoms with Crippen LogP contribution in [-0.2, 0) is 6.54 Å². The van der Waals surface area contributed by atoms with Gasteiger partial charge in [-0.1, -0.05) is 23.8 Å². The van der Waals surface area contributed by atoms with Crippen LogP contribution in [0.1, 0.15) is 29.5 Å². The lowest BCUT2D eigenvalue weighted by molar-refractivity contribution is 0.139. The first-order valence-electron chi connectivity index (χ1n) is 7.01. The van der Waals surface area contributed by atoms with E-state index in [9.17, 15) is 0 Å². The highest BCUT2D eigenvalue weighted by atomic mass is 15.2. The van der Waals surface area contributed by atoms with E-state index in [1.807, 2.05) is 0 Å².